The van der Waals surface area contributed by atoms with Crippen LogP contribution in [0.15, 0.2) is 10.5 Å². The first-order chi connectivity index (χ1) is 7.69. The summed E-state index contributed by atoms with van der Waals surface area (Å²) in [5.41, 5.74) is 8.51. The summed E-state index contributed by atoms with van der Waals surface area (Å²) in [7, 11) is 1.58. The van der Waals surface area contributed by atoms with Crippen LogP contribution >= 0.6 is 15.9 Å². The molecule has 0 unspecified atom stereocenters. The van der Waals surface area contributed by atoms with Gasteiger partial charge in [0.2, 0.25) is 0 Å². The minimum absolute atomic E-state index is 0.0155. The fourth-order valence-electron chi connectivity index (χ4n) is 2.19. The number of carbonyl (C=O) groups is 1. The third-order valence-corrected chi connectivity index (χ3v) is 3.82. The van der Waals surface area contributed by atoms with Crippen LogP contribution in [-0.2, 0) is 12.8 Å². The number of rotatable bonds is 3. The Labute approximate surface area is 103 Å². The lowest BCUT2D eigenvalue weighted by atomic mass is 10.0. The number of halogens is 1. The topological polar surface area (TPSA) is 52.3 Å². The Balaban J connectivity index is 2.61. The maximum atomic E-state index is 11.7. The lowest BCUT2D eigenvalue weighted by Gasteiger charge is -2.13. The highest BCUT2D eigenvalue weighted by atomic mass is 79.9. The number of nitrogens with two attached hydrogens (primary N) is 1. The Morgan fingerprint density at radius 1 is 1.56 bits per heavy atom. The van der Waals surface area contributed by atoms with E-state index in [2.05, 4.69) is 15.9 Å². The quantitative estimate of drug-likeness (QED) is 0.865. The van der Waals surface area contributed by atoms with Gasteiger partial charge in [-0.3, -0.25) is 4.79 Å². The Bertz CT molecular complexity index is 443. The van der Waals surface area contributed by atoms with E-state index in [-0.39, 0.29) is 12.3 Å². The molecule has 2 N–H and O–H groups in total. The maximum absolute atomic E-state index is 11.7. The minimum atomic E-state index is -0.0766. The van der Waals surface area contributed by atoms with Gasteiger partial charge in [-0.15, -0.1) is 0 Å². The summed E-state index contributed by atoms with van der Waals surface area (Å²) in [6.45, 7) is 0.0155. The van der Waals surface area contributed by atoms with Crippen LogP contribution in [0.3, 0.4) is 0 Å². The molecule has 1 aromatic rings. The van der Waals surface area contributed by atoms with Gasteiger partial charge in [-0.1, -0.05) is 0 Å². The number of hydrogen-bond acceptors (Lipinski definition) is 3. The van der Waals surface area contributed by atoms with Gasteiger partial charge in [0.25, 0.3) is 0 Å². The number of benzene rings is 1. The third kappa shape index (κ3) is 1.76. The molecule has 0 fully saturated rings. The lowest BCUT2D eigenvalue weighted by Crippen LogP contribution is -2.15. The first-order valence-electron chi connectivity index (χ1n) is 5.30. The molecule has 4 heteroatoms. The largest absolute Gasteiger partial charge is 0.495 e. The molecule has 0 amide bonds. The molecule has 16 heavy (non-hydrogen) atoms. The standard InChI is InChI=1S/C12H14BrNO2/c1-16-12-9(10(15)6-14)5-7-3-2-4-8(7)11(12)13/h5H,2-4,6,14H2,1H3. The van der Waals surface area contributed by atoms with E-state index in [1.807, 2.05) is 6.07 Å². The van der Waals surface area contributed by atoms with Crippen LogP contribution in [0.1, 0.15) is 27.9 Å². The van der Waals surface area contributed by atoms with Crippen molar-refractivity contribution in [1.29, 1.82) is 0 Å². The normalized spacial score (nSPS) is 13.7. The summed E-state index contributed by atoms with van der Waals surface area (Å²) >= 11 is 3.52. The van der Waals surface area contributed by atoms with Crippen molar-refractivity contribution in [1.82, 2.24) is 0 Å². The fraction of sp³-hybridized carbons (Fsp3) is 0.417. The molecule has 0 saturated heterocycles. The molecule has 0 spiro atoms. The molecule has 86 valence electrons. The van der Waals surface area contributed by atoms with Gasteiger partial charge in [0.15, 0.2) is 5.78 Å². The van der Waals surface area contributed by atoms with Gasteiger partial charge < -0.3 is 10.5 Å². The molecule has 0 heterocycles. The van der Waals surface area contributed by atoms with Gasteiger partial charge >= 0.3 is 0 Å². The van der Waals surface area contributed by atoms with E-state index in [0.29, 0.717) is 11.3 Å². The van der Waals surface area contributed by atoms with Gasteiger partial charge in [-0.2, -0.15) is 0 Å². The molecule has 0 radical (unpaired) electrons. The molecule has 0 saturated carbocycles. The van der Waals surface area contributed by atoms with Crippen molar-refractivity contribution in [3.8, 4) is 5.75 Å². The van der Waals surface area contributed by atoms with E-state index in [0.717, 1.165) is 23.7 Å². The SMILES string of the molecule is COc1c(C(=O)CN)cc2c(c1Br)CCC2. The van der Waals surface area contributed by atoms with Crippen molar-refractivity contribution in [3.05, 3.63) is 27.2 Å². The Hall–Kier alpha value is -0.870. The molecule has 0 aromatic heterocycles. The zero-order valence-electron chi connectivity index (χ0n) is 9.18. The molecular formula is C12H14BrNO2. The van der Waals surface area contributed by atoms with Crippen LogP contribution in [0.4, 0.5) is 0 Å². The number of ether oxygens (including phenoxy) is 1. The predicted octanol–water partition coefficient (Wildman–Crippen LogP) is 2.09. The average Bonchev–Trinajstić information content (AvgIpc) is 2.76. The first kappa shape index (κ1) is 11.6. The van der Waals surface area contributed by atoms with Crippen LogP contribution in [0.2, 0.25) is 0 Å². The molecule has 1 aliphatic rings. The van der Waals surface area contributed by atoms with Gasteiger partial charge in [0.1, 0.15) is 5.75 Å². The number of hydrogen-bond donors (Lipinski definition) is 1. The molecular weight excluding hydrogens is 270 g/mol. The molecule has 0 atom stereocenters. The monoisotopic (exact) mass is 283 g/mol. The van der Waals surface area contributed by atoms with Crippen molar-refractivity contribution in [3.63, 3.8) is 0 Å². The second kappa shape index (κ2) is 4.55. The number of aryl methyl sites for hydroxylation is 1. The van der Waals surface area contributed by atoms with Crippen molar-refractivity contribution < 1.29 is 9.53 Å². The van der Waals surface area contributed by atoms with Gasteiger partial charge in [0.05, 0.1) is 23.7 Å². The van der Waals surface area contributed by atoms with Crippen LogP contribution < -0.4 is 10.5 Å². The highest BCUT2D eigenvalue weighted by Gasteiger charge is 2.23. The summed E-state index contributed by atoms with van der Waals surface area (Å²) in [6, 6.07) is 1.93. The maximum Gasteiger partial charge on any atom is 0.180 e. The van der Waals surface area contributed by atoms with E-state index in [4.69, 9.17) is 10.5 Å². The first-order valence-corrected chi connectivity index (χ1v) is 6.09. The van der Waals surface area contributed by atoms with E-state index < -0.39 is 0 Å². The second-order valence-corrected chi connectivity index (χ2v) is 4.68. The van der Waals surface area contributed by atoms with Crippen LogP contribution in [0.25, 0.3) is 0 Å². The summed E-state index contributed by atoms with van der Waals surface area (Å²) in [4.78, 5) is 11.7. The van der Waals surface area contributed by atoms with E-state index in [1.54, 1.807) is 7.11 Å². The highest BCUT2D eigenvalue weighted by Crippen LogP contribution is 2.39. The molecule has 0 bridgehead atoms. The van der Waals surface area contributed by atoms with Gasteiger partial charge in [0, 0.05) is 0 Å². The van der Waals surface area contributed by atoms with Crippen molar-refractivity contribution in [2.24, 2.45) is 5.73 Å². The summed E-state index contributed by atoms with van der Waals surface area (Å²) < 4.78 is 6.22. The van der Waals surface area contributed by atoms with E-state index >= 15 is 0 Å². The molecule has 2 rings (SSSR count). The van der Waals surface area contributed by atoms with Crippen LogP contribution in [-0.4, -0.2) is 19.4 Å². The van der Waals surface area contributed by atoms with Crippen LogP contribution in [0.5, 0.6) is 5.75 Å². The Morgan fingerprint density at radius 2 is 2.31 bits per heavy atom. The average molecular weight is 284 g/mol. The zero-order chi connectivity index (χ0) is 11.7. The summed E-state index contributed by atoms with van der Waals surface area (Å²) in [6.07, 6.45) is 3.21. The minimum Gasteiger partial charge on any atom is -0.495 e. The molecule has 1 aromatic carbocycles. The number of ketones is 1. The van der Waals surface area contributed by atoms with Crippen molar-refractivity contribution in [2.45, 2.75) is 19.3 Å². The molecule has 3 nitrogen and oxygen atoms in total. The van der Waals surface area contributed by atoms with Crippen molar-refractivity contribution >= 4 is 21.7 Å². The van der Waals surface area contributed by atoms with Crippen molar-refractivity contribution in [2.75, 3.05) is 13.7 Å². The number of carbonyl (C=O) groups excluding carboxylic acids is 1. The summed E-state index contributed by atoms with van der Waals surface area (Å²) in [5, 5.41) is 0. The zero-order valence-corrected chi connectivity index (χ0v) is 10.8. The third-order valence-electron chi connectivity index (χ3n) is 2.98. The summed E-state index contributed by atoms with van der Waals surface area (Å²) in [5.74, 6) is 0.545. The Morgan fingerprint density at radius 3 is 2.94 bits per heavy atom. The highest BCUT2D eigenvalue weighted by molar-refractivity contribution is 9.10. The Kier molecular flexibility index (Phi) is 3.30. The molecule has 0 aliphatic heterocycles. The number of fused-ring (bicyclic) bond motifs is 1. The van der Waals surface area contributed by atoms with Gasteiger partial charge in [-0.25, -0.2) is 0 Å². The number of methoxy groups -OCH3 is 1. The number of Topliss-reactive ketones (excluding diaryl/α,β-unsaturated/α-hetero) is 1. The van der Waals surface area contributed by atoms with Crippen LogP contribution in [0, 0.1) is 0 Å². The predicted molar refractivity (Wildman–Crippen MR) is 66.1 cm³/mol. The fourth-order valence-corrected chi connectivity index (χ4v) is 3.02. The van der Waals surface area contributed by atoms with E-state index in [1.165, 1.54) is 11.1 Å². The van der Waals surface area contributed by atoms with E-state index in [9.17, 15) is 4.79 Å². The lowest BCUT2D eigenvalue weighted by molar-refractivity contribution is 0.0998. The van der Waals surface area contributed by atoms with Gasteiger partial charge in [-0.05, 0) is 52.4 Å². The smallest absolute Gasteiger partial charge is 0.180 e. The second-order valence-electron chi connectivity index (χ2n) is 3.89. The molecule has 1 aliphatic carbocycles.